The van der Waals surface area contributed by atoms with Crippen molar-refractivity contribution < 1.29 is 13.2 Å². The third kappa shape index (κ3) is 4.67. The number of hydrogen-bond acceptors (Lipinski definition) is 3. The van der Waals surface area contributed by atoms with E-state index in [0.717, 1.165) is 22.4 Å². The molecule has 0 bridgehead atoms. The second kappa shape index (κ2) is 7.80. The van der Waals surface area contributed by atoms with E-state index in [0.29, 0.717) is 12.8 Å². The first kappa shape index (κ1) is 19.1. The van der Waals surface area contributed by atoms with Crippen molar-refractivity contribution in [3.05, 3.63) is 59.2 Å². The largest absolute Gasteiger partial charge is 0.326 e. The smallest absolute Gasteiger partial charge is 0.242 e. The molecule has 0 heterocycles. The van der Waals surface area contributed by atoms with Gasteiger partial charge in [0, 0.05) is 26.2 Å². The van der Waals surface area contributed by atoms with Gasteiger partial charge in [0.15, 0.2) is 0 Å². The molecule has 0 aliphatic carbocycles. The lowest BCUT2D eigenvalue weighted by Gasteiger charge is -2.12. The highest BCUT2D eigenvalue weighted by molar-refractivity contribution is 7.89. The lowest BCUT2D eigenvalue weighted by Crippen LogP contribution is -2.22. The van der Waals surface area contributed by atoms with Gasteiger partial charge in [-0.3, -0.25) is 4.79 Å². The molecule has 1 N–H and O–H groups in total. The highest BCUT2D eigenvalue weighted by Gasteiger charge is 2.16. The topological polar surface area (TPSA) is 66.5 Å². The molecule has 5 nitrogen and oxygen atoms in total. The third-order valence-electron chi connectivity index (χ3n) is 4.09. The highest BCUT2D eigenvalue weighted by atomic mass is 32.2. The molecule has 6 heteroatoms. The van der Waals surface area contributed by atoms with Crippen LogP contribution in [0.25, 0.3) is 0 Å². The molecule has 0 atom stereocenters. The van der Waals surface area contributed by atoms with Crippen molar-refractivity contribution >= 4 is 21.6 Å². The summed E-state index contributed by atoms with van der Waals surface area (Å²) in [6.45, 7) is 3.93. The quantitative estimate of drug-likeness (QED) is 0.861. The van der Waals surface area contributed by atoms with Crippen LogP contribution in [0.1, 0.15) is 23.1 Å². The molecule has 2 aromatic carbocycles. The minimum absolute atomic E-state index is 0.0533. The zero-order chi connectivity index (χ0) is 18.6. The van der Waals surface area contributed by atoms with Gasteiger partial charge in [-0.05, 0) is 49.1 Å². The Labute approximate surface area is 149 Å². The number of para-hydroxylation sites is 1. The van der Waals surface area contributed by atoms with Gasteiger partial charge in [0.2, 0.25) is 15.9 Å². The molecule has 0 aromatic heterocycles. The van der Waals surface area contributed by atoms with Crippen molar-refractivity contribution in [2.24, 2.45) is 0 Å². The molecule has 0 saturated carbocycles. The van der Waals surface area contributed by atoms with Gasteiger partial charge in [-0.1, -0.05) is 30.3 Å². The Morgan fingerprint density at radius 3 is 2.08 bits per heavy atom. The van der Waals surface area contributed by atoms with E-state index in [-0.39, 0.29) is 10.8 Å². The molecule has 0 fully saturated rings. The standard InChI is InChI=1S/C19H24N2O3S/c1-14-6-5-7-15(2)19(14)20-18(22)13-10-16-8-11-17(12-9-16)25(23,24)21(3)4/h5-9,11-12H,10,13H2,1-4H3,(H,20,22). The summed E-state index contributed by atoms with van der Waals surface area (Å²) in [6.07, 6.45) is 0.895. The van der Waals surface area contributed by atoms with Crippen molar-refractivity contribution in [2.75, 3.05) is 19.4 Å². The summed E-state index contributed by atoms with van der Waals surface area (Å²) >= 11 is 0. The van der Waals surface area contributed by atoms with E-state index in [2.05, 4.69) is 5.32 Å². The zero-order valence-corrected chi connectivity index (χ0v) is 15.9. The van der Waals surface area contributed by atoms with Gasteiger partial charge < -0.3 is 5.32 Å². The van der Waals surface area contributed by atoms with Gasteiger partial charge >= 0.3 is 0 Å². The van der Waals surface area contributed by atoms with Gasteiger partial charge in [0.05, 0.1) is 4.90 Å². The molecule has 1 amide bonds. The fourth-order valence-electron chi connectivity index (χ4n) is 2.51. The summed E-state index contributed by atoms with van der Waals surface area (Å²) in [5.41, 5.74) is 3.85. The van der Waals surface area contributed by atoms with E-state index in [4.69, 9.17) is 0 Å². The molecule has 0 saturated heterocycles. The Morgan fingerprint density at radius 2 is 1.56 bits per heavy atom. The fourth-order valence-corrected chi connectivity index (χ4v) is 3.41. The van der Waals surface area contributed by atoms with E-state index >= 15 is 0 Å². The maximum atomic E-state index is 12.2. The number of aryl methyl sites for hydroxylation is 3. The first-order valence-electron chi connectivity index (χ1n) is 8.09. The number of nitrogens with zero attached hydrogens (tertiary/aromatic N) is 1. The number of hydrogen-bond donors (Lipinski definition) is 1. The Kier molecular flexibility index (Phi) is 5.98. The Morgan fingerprint density at radius 1 is 1.00 bits per heavy atom. The molecule has 134 valence electrons. The maximum absolute atomic E-state index is 12.2. The summed E-state index contributed by atoms with van der Waals surface area (Å²) in [5.74, 6) is -0.0533. The van der Waals surface area contributed by atoms with Crippen molar-refractivity contribution in [2.45, 2.75) is 31.6 Å². The van der Waals surface area contributed by atoms with E-state index < -0.39 is 10.0 Å². The van der Waals surface area contributed by atoms with Crippen molar-refractivity contribution in [3.63, 3.8) is 0 Å². The molecular weight excluding hydrogens is 336 g/mol. The monoisotopic (exact) mass is 360 g/mol. The van der Waals surface area contributed by atoms with E-state index in [1.807, 2.05) is 32.0 Å². The van der Waals surface area contributed by atoms with Gasteiger partial charge in [0.1, 0.15) is 0 Å². The minimum Gasteiger partial charge on any atom is -0.326 e. The minimum atomic E-state index is -3.42. The Balaban J connectivity index is 1.99. The Hall–Kier alpha value is -2.18. The summed E-state index contributed by atoms with van der Waals surface area (Å²) in [7, 11) is -0.419. The first-order valence-corrected chi connectivity index (χ1v) is 9.53. The number of amides is 1. The average molecular weight is 360 g/mol. The predicted octanol–water partition coefficient (Wildman–Crippen LogP) is 3.13. The number of carbonyl (C=O) groups excluding carboxylic acids is 1. The fraction of sp³-hybridized carbons (Fsp3) is 0.316. The number of nitrogens with one attached hydrogen (secondary N) is 1. The lowest BCUT2D eigenvalue weighted by molar-refractivity contribution is -0.116. The molecule has 0 aliphatic rings. The lowest BCUT2D eigenvalue weighted by atomic mass is 10.1. The molecular formula is C19H24N2O3S. The van der Waals surface area contributed by atoms with Gasteiger partial charge in [-0.15, -0.1) is 0 Å². The molecule has 0 aliphatic heterocycles. The number of sulfonamides is 1. The van der Waals surface area contributed by atoms with Crippen LogP contribution in [0.15, 0.2) is 47.4 Å². The average Bonchev–Trinajstić information content (AvgIpc) is 2.56. The van der Waals surface area contributed by atoms with Crippen molar-refractivity contribution in [3.8, 4) is 0 Å². The number of rotatable bonds is 6. The van der Waals surface area contributed by atoms with Crippen LogP contribution in [0.4, 0.5) is 5.69 Å². The van der Waals surface area contributed by atoms with Gasteiger partial charge in [-0.2, -0.15) is 0 Å². The predicted molar refractivity (Wildman–Crippen MR) is 100 cm³/mol. The normalized spacial score (nSPS) is 11.6. The summed E-state index contributed by atoms with van der Waals surface area (Å²) in [5, 5.41) is 2.96. The number of anilines is 1. The van der Waals surface area contributed by atoms with E-state index in [1.54, 1.807) is 24.3 Å². The van der Waals surface area contributed by atoms with Gasteiger partial charge in [0.25, 0.3) is 0 Å². The molecule has 2 aromatic rings. The van der Waals surface area contributed by atoms with Crippen LogP contribution >= 0.6 is 0 Å². The van der Waals surface area contributed by atoms with E-state index in [1.165, 1.54) is 18.4 Å². The molecule has 0 unspecified atom stereocenters. The second-order valence-electron chi connectivity index (χ2n) is 6.25. The van der Waals surface area contributed by atoms with Crippen LogP contribution in [0.3, 0.4) is 0 Å². The summed E-state index contributed by atoms with van der Waals surface area (Å²) in [4.78, 5) is 12.4. The van der Waals surface area contributed by atoms with Crippen molar-refractivity contribution in [1.29, 1.82) is 0 Å². The first-order chi connectivity index (χ1) is 11.7. The van der Waals surface area contributed by atoms with Crippen LogP contribution in [-0.4, -0.2) is 32.7 Å². The molecule has 2 rings (SSSR count). The third-order valence-corrected chi connectivity index (χ3v) is 5.92. The number of benzene rings is 2. The maximum Gasteiger partial charge on any atom is 0.242 e. The van der Waals surface area contributed by atoms with E-state index in [9.17, 15) is 13.2 Å². The van der Waals surface area contributed by atoms with Crippen LogP contribution in [0.2, 0.25) is 0 Å². The summed E-state index contributed by atoms with van der Waals surface area (Å²) in [6, 6.07) is 12.6. The highest BCUT2D eigenvalue weighted by Crippen LogP contribution is 2.20. The van der Waals surface area contributed by atoms with Crippen molar-refractivity contribution in [1.82, 2.24) is 4.31 Å². The van der Waals surface area contributed by atoms with Crippen LogP contribution < -0.4 is 5.32 Å². The molecule has 0 spiro atoms. The Bertz CT molecular complexity index is 836. The van der Waals surface area contributed by atoms with Crippen LogP contribution in [0.5, 0.6) is 0 Å². The summed E-state index contributed by atoms with van der Waals surface area (Å²) < 4.78 is 25.3. The number of carbonyl (C=O) groups is 1. The van der Waals surface area contributed by atoms with Gasteiger partial charge in [-0.25, -0.2) is 12.7 Å². The van der Waals surface area contributed by atoms with Crippen LogP contribution in [-0.2, 0) is 21.2 Å². The second-order valence-corrected chi connectivity index (χ2v) is 8.40. The molecule has 0 radical (unpaired) electrons. The molecule has 25 heavy (non-hydrogen) atoms. The zero-order valence-electron chi connectivity index (χ0n) is 15.0. The van der Waals surface area contributed by atoms with Crippen LogP contribution in [0, 0.1) is 13.8 Å². The SMILES string of the molecule is Cc1cccc(C)c1NC(=O)CCc1ccc(S(=O)(=O)N(C)C)cc1.